The highest BCUT2D eigenvalue weighted by molar-refractivity contribution is 6.32. The largest absolute Gasteiger partial charge is 0.496 e. The number of benzene rings is 1. The van der Waals surface area contributed by atoms with Crippen molar-refractivity contribution < 1.29 is 9.53 Å². The lowest BCUT2D eigenvalue weighted by Crippen LogP contribution is -2.07. The van der Waals surface area contributed by atoms with Crippen molar-refractivity contribution in [2.24, 2.45) is 4.99 Å². The first-order valence-electron chi connectivity index (χ1n) is 5.07. The molecule has 0 amide bonds. The van der Waals surface area contributed by atoms with Crippen LogP contribution in [-0.2, 0) is 10.3 Å². The Hall–Kier alpha value is -1.31. The minimum Gasteiger partial charge on any atom is -0.496 e. The average Bonchev–Trinajstić information content (AvgIpc) is 3.03. The summed E-state index contributed by atoms with van der Waals surface area (Å²) < 4.78 is 5.28. The van der Waals surface area contributed by atoms with Gasteiger partial charge in [-0.05, 0) is 31.4 Å². The summed E-state index contributed by atoms with van der Waals surface area (Å²) in [4.78, 5) is 14.3. The molecule has 0 N–H and O–H groups in total. The lowest BCUT2D eigenvalue weighted by atomic mass is 10.0. The van der Waals surface area contributed by atoms with Crippen molar-refractivity contribution in [3.63, 3.8) is 0 Å². The molecule has 0 aliphatic heterocycles. The van der Waals surface area contributed by atoms with E-state index in [1.54, 1.807) is 13.2 Å². The number of aryl methyl sites for hydroxylation is 1. The Bertz CT molecular complexity index is 474. The summed E-state index contributed by atoms with van der Waals surface area (Å²) in [7, 11) is 1.59. The fourth-order valence-electron chi connectivity index (χ4n) is 1.89. The number of halogens is 1. The van der Waals surface area contributed by atoms with Crippen LogP contribution in [0.5, 0.6) is 5.75 Å². The van der Waals surface area contributed by atoms with E-state index in [0.717, 1.165) is 24.0 Å². The molecule has 16 heavy (non-hydrogen) atoms. The summed E-state index contributed by atoms with van der Waals surface area (Å²) in [6.45, 7) is 1.92. The highest BCUT2D eigenvalue weighted by atomic mass is 35.5. The maximum absolute atomic E-state index is 10.5. The molecule has 0 bridgehead atoms. The van der Waals surface area contributed by atoms with Crippen LogP contribution in [0.15, 0.2) is 17.1 Å². The first-order valence-corrected chi connectivity index (χ1v) is 5.45. The number of carbonyl (C=O) groups excluding carboxylic acids is 1. The molecular weight excluding hydrogens is 226 g/mol. The molecule has 0 spiro atoms. The van der Waals surface area contributed by atoms with Crippen LogP contribution in [-0.4, -0.2) is 13.2 Å². The van der Waals surface area contributed by atoms with Crippen LogP contribution in [0.4, 0.5) is 0 Å². The monoisotopic (exact) mass is 237 g/mol. The van der Waals surface area contributed by atoms with Gasteiger partial charge >= 0.3 is 0 Å². The molecule has 0 unspecified atom stereocenters. The first-order chi connectivity index (χ1) is 7.64. The van der Waals surface area contributed by atoms with E-state index in [0.29, 0.717) is 10.8 Å². The zero-order valence-corrected chi connectivity index (χ0v) is 9.97. The number of hydrogen-bond donors (Lipinski definition) is 0. The van der Waals surface area contributed by atoms with Gasteiger partial charge in [-0.3, -0.25) is 0 Å². The minimum absolute atomic E-state index is 0.490. The number of nitrogens with zero attached hydrogens (tertiary/aromatic N) is 1. The van der Waals surface area contributed by atoms with Crippen molar-refractivity contribution in [2.45, 2.75) is 25.3 Å². The number of rotatable bonds is 3. The van der Waals surface area contributed by atoms with Gasteiger partial charge in [0.05, 0.1) is 12.1 Å². The fourth-order valence-corrected chi connectivity index (χ4v) is 2.22. The summed E-state index contributed by atoms with van der Waals surface area (Å²) >= 11 is 6.27. The number of isocyanates is 1. The summed E-state index contributed by atoms with van der Waals surface area (Å²) in [6, 6.07) is 3.75. The van der Waals surface area contributed by atoms with Gasteiger partial charge in [0.25, 0.3) is 0 Å². The Morgan fingerprint density at radius 2 is 2.19 bits per heavy atom. The quantitative estimate of drug-likeness (QED) is 0.599. The van der Waals surface area contributed by atoms with Gasteiger partial charge in [0.1, 0.15) is 11.3 Å². The van der Waals surface area contributed by atoms with Gasteiger partial charge in [-0.15, -0.1) is 0 Å². The second kappa shape index (κ2) is 3.93. The molecule has 0 heterocycles. The third-order valence-corrected chi connectivity index (χ3v) is 3.45. The molecule has 0 atom stereocenters. The molecule has 84 valence electrons. The number of methoxy groups -OCH3 is 1. The van der Waals surface area contributed by atoms with Crippen LogP contribution in [0.1, 0.15) is 24.0 Å². The third-order valence-electron chi connectivity index (χ3n) is 2.97. The molecule has 0 saturated heterocycles. The number of ether oxygens (including phenoxy) is 1. The zero-order valence-electron chi connectivity index (χ0n) is 9.21. The molecule has 1 aromatic carbocycles. The summed E-state index contributed by atoms with van der Waals surface area (Å²) in [6.07, 6.45) is 3.27. The van der Waals surface area contributed by atoms with Crippen LogP contribution < -0.4 is 4.74 Å². The van der Waals surface area contributed by atoms with Crippen molar-refractivity contribution in [3.05, 3.63) is 28.3 Å². The lowest BCUT2D eigenvalue weighted by molar-refractivity contribution is 0.404. The molecular formula is C12H12ClNO2. The van der Waals surface area contributed by atoms with E-state index < -0.39 is 5.54 Å². The molecule has 1 aliphatic rings. The first kappa shape index (κ1) is 11.2. The van der Waals surface area contributed by atoms with Gasteiger partial charge in [0.15, 0.2) is 0 Å². The van der Waals surface area contributed by atoms with Crippen LogP contribution in [0.25, 0.3) is 0 Å². The van der Waals surface area contributed by atoms with E-state index in [1.165, 1.54) is 0 Å². The van der Waals surface area contributed by atoms with Gasteiger partial charge in [0, 0.05) is 5.56 Å². The van der Waals surface area contributed by atoms with Gasteiger partial charge in [0.2, 0.25) is 6.08 Å². The van der Waals surface area contributed by atoms with E-state index in [4.69, 9.17) is 16.3 Å². The van der Waals surface area contributed by atoms with E-state index in [9.17, 15) is 4.79 Å². The molecule has 0 aromatic heterocycles. The topological polar surface area (TPSA) is 38.7 Å². The highest BCUT2D eigenvalue weighted by Gasteiger charge is 2.48. The maximum Gasteiger partial charge on any atom is 0.235 e. The van der Waals surface area contributed by atoms with Gasteiger partial charge in [-0.1, -0.05) is 17.7 Å². The van der Waals surface area contributed by atoms with E-state index in [1.807, 2.05) is 19.1 Å². The third kappa shape index (κ3) is 1.62. The molecule has 1 fully saturated rings. The molecule has 0 radical (unpaired) electrons. The Kier molecular flexibility index (Phi) is 2.75. The van der Waals surface area contributed by atoms with Crippen LogP contribution in [0.3, 0.4) is 0 Å². The molecule has 4 heteroatoms. The summed E-state index contributed by atoms with van der Waals surface area (Å²) in [5.41, 5.74) is 1.29. The maximum atomic E-state index is 10.5. The van der Waals surface area contributed by atoms with Crippen molar-refractivity contribution in [2.75, 3.05) is 7.11 Å². The second-order valence-electron chi connectivity index (χ2n) is 4.01. The van der Waals surface area contributed by atoms with Crippen molar-refractivity contribution in [3.8, 4) is 5.75 Å². The molecule has 2 rings (SSSR count). The highest BCUT2D eigenvalue weighted by Crippen LogP contribution is 2.55. The summed E-state index contributed by atoms with van der Waals surface area (Å²) in [5, 5.41) is 0.635. The number of hydrogen-bond acceptors (Lipinski definition) is 3. The van der Waals surface area contributed by atoms with Gasteiger partial charge < -0.3 is 4.74 Å². The second-order valence-corrected chi connectivity index (χ2v) is 4.39. The SMILES string of the molecule is COc1ccc(C)c(Cl)c1C1(N=C=O)CC1. The van der Waals surface area contributed by atoms with Crippen molar-refractivity contribution in [1.82, 2.24) is 0 Å². The normalized spacial score (nSPS) is 16.4. The van der Waals surface area contributed by atoms with E-state index in [2.05, 4.69) is 4.99 Å². The fraction of sp³-hybridized carbons (Fsp3) is 0.417. The molecule has 1 aliphatic carbocycles. The van der Waals surface area contributed by atoms with Crippen molar-refractivity contribution in [1.29, 1.82) is 0 Å². The van der Waals surface area contributed by atoms with Gasteiger partial charge in [-0.25, -0.2) is 4.79 Å². The predicted molar refractivity (Wildman–Crippen MR) is 61.8 cm³/mol. The lowest BCUT2D eigenvalue weighted by Gasteiger charge is -2.16. The zero-order chi connectivity index (χ0) is 11.8. The Labute approximate surface area is 99.1 Å². The van der Waals surface area contributed by atoms with E-state index in [-0.39, 0.29) is 0 Å². The van der Waals surface area contributed by atoms with E-state index >= 15 is 0 Å². The predicted octanol–water partition coefficient (Wildman–Crippen LogP) is 2.98. The smallest absolute Gasteiger partial charge is 0.235 e. The average molecular weight is 238 g/mol. The summed E-state index contributed by atoms with van der Waals surface area (Å²) in [5.74, 6) is 0.687. The van der Waals surface area contributed by atoms with Gasteiger partial charge in [-0.2, -0.15) is 4.99 Å². The van der Waals surface area contributed by atoms with Crippen molar-refractivity contribution >= 4 is 17.7 Å². The number of aliphatic imine (C=N–C) groups is 1. The van der Waals surface area contributed by atoms with Crippen LogP contribution in [0.2, 0.25) is 5.02 Å². The standard InChI is InChI=1S/C12H12ClNO2/c1-8-3-4-9(16-2)10(11(8)13)12(5-6-12)14-7-15/h3-4H,5-6H2,1-2H3. The molecule has 1 aromatic rings. The van der Waals surface area contributed by atoms with Crippen LogP contribution in [0, 0.1) is 6.92 Å². The Balaban J connectivity index is 2.62. The Morgan fingerprint density at radius 3 is 2.69 bits per heavy atom. The Morgan fingerprint density at radius 1 is 1.50 bits per heavy atom. The molecule has 1 saturated carbocycles. The minimum atomic E-state index is -0.490. The molecule has 3 nitrogen and oxygen atoms in total. The van der Waals surface area contributed by atoms with Crippen LogP contribution >= 0.6 is 11.6 Å².